The van der Waals surface area contributed by atoms with E-state index in [-0.39, 0.29) is 35.6 Å². The number of aliphatic carboxylic acids is 1. The number of aromatic nitrogens is 4. The third-order valence-corrected chi connectivity index (χ3v) is 6.50. The van der Waals surface area contributed by atoms with Crippen molar-refractivity contribution in [1.29, 1.82) is 0 Å². The van der Waals surface area contributed by atoms with Crippen LogP contribution in [0.25, 0.3) is 22.4 Å². The molecule has 4 N–H and O–H groups in total. The highest BCUT2D eigenvalue weighted by molar-refractivity contribution is 6.31. The lowest BCUT2D eigenvalue weighted by atomic mass is 9.87. The molecule has 196 valence electrons. The Balaban J connectivity index is 1.72. The van der Waals surface area contributed by atoms with Gasteiger partial charge in [-0.3, -0.25) is 4.79 Å². The van der Waals surface area contributed by atoms with Crippen LogP contribution >= 0.6 is 11.6 Å². The average molecular weight is 531 g/mol. The molecule has 3 aromatic rings. The highest BCUT2D eigenvalue weighted by Gasteiger charge is 2.38. The van der Waals surface area contributed by atoms with E-state index in [0.717, 1.165) is 19.0 Å². The predicted molar refractivity (Wildman–Crippen MR) is 137 cm³/mol. The van der Waals surface area contributed by atoms with Crippen molar-refractivity contribution < 1.29 is 23.8 Å². The largest absolute Gasteiger partial charge is 0.478 e. The number of nitrogens with zero attached hydrogens (tertiary/aromatic N) is 3. The topological polar surface area (TPSA) is 142 Å². The number of carboxylic acid groups (broad SMARTS) is 1. The second-order valence-electron chi connectivity index (χ2n) is 8.85. The van der Waals surface area contributed by atoms with Crippen LogP contribution in [0, 0.1) is 5.82 Å². The molecule has 0 bridgehead atoms. The van der Waals surface area contributed by atoms with Crippen molar-refractivity contribution in [2.75, 3.05) is 5.32 Å². The minimum Gasteiger partial charge on any atom is -0.478 e. The van der Waals surface area contributed by atoms with Gasteiger partial charge >= 0.3 is 5.97 Å². The Morgan fingerprint density at radius 2 is 2.05 bits per heavy atom. The standard InChI is InChI=1S/C25H28ClFN6O4/c1-4-15(5-2)37-20-7-13(25(35)36)6-19(21(20)31-12(3)34)32-24-18(27)11-30-23(33-24)17-10-29-22-16(17)8-14(26)9-28-22/h6,8-11,15,19-21H,4-5,7H2,1-3H3,(H,28,29)(H,31,34)(H,35,36)(H,30,32,33)/t19-,20+,21?/m0/s1. The summed E-state index contributed by atoms with van der Waals surface area (Å²) in [6, 6.07) is 0.208. The third-order valence-electron chi connectivity index (χ3n) is 6.30. The van der Waals surface area contributed by atoms with E-state index in [1.54, 1.807) is 12.3 Å². The van der Waals surface area contributed by atoms with E-state index in [0.29, 0.717) is 21.6 Å². The summed E-state index contributed by atoms with van der Waals surface area (Å²) in [7, 11) is 0. The number of amides is 1. The Morgan fingerprint density at radius 1 is 1.30 bits per heavy atom. The molecule has 3 aromatic heterocycles. The van der Waals surface area contributed by atoms with Gasteiger partial charge < -0.3 is 25.5 Å². The first-order valence-electron chi connectivity index (χ1n) is 12.0. The van der Waals surface area contributed by atoms with Gasteiger partial charge in [-0.2, -0.15) is 0 Å². The number of H-pyrrole nitrogens is 1. The zero-order chi connectivity index (χ0) is 26.7. The number of aromatic amines is 1. The summed E-state index contributed by atoms with van der Waals surface area (Å²) in [5, 5.41) is 16.7. The Hall–Kier alpha value is -3.57. The number of carbonyl (C=O) groups is 2. The van der Waals surface area contributed by atoms with Gasteiger partial charge in [-0.25, -0.2) is 24.1 Å². The fourth-order valence-electron chi connectivity index (χ4n) is 4.45. The van der Waals surface area contributed by atoms with Gasteiger partial charge in [0.05, 0.1) is 35.5 Å². The molecular weight excluding hydrogens is 503 g/mol. The summed E-state index contributed by atoms with van der Waals surface area (Å²) in [6.45, 7) is 5.31. The van der Waals surface area contributed by atoms with Crippen molar-refractivity contribution in [3.8, 4) is 11.4 Å². The minimum absolute atomic E-state index is 0.0928. The zero-order valence-electron chi connectivity index (χ0n) is 20.6. The maximum Gasteiger partial charge on any atom is 0.331 e. The van der Waals surface area contributed by atoms with E-state index in [1.807, 2.05) is 13.8 Å². The highest BCUT2D eigenvalue weighted by atomic mass is 35.5. The molecule has 0 saturated carbocycles. The van der Waals surface area contributed by atoms with Gasteiger partial charge in [-0.05, 0) is 25.0 Å². The van der Waals surface area contributed by atoms with Gasteiger partial charge in [0.25, 0.3) is 0 Å². The van der Waals surface area contributed by atoms with Gasteiger partial charge in [-0.1, -0.05) is 25.4 Å². The molecule has 1 amide bonds. The smallest absolute Gasteiger partial charge is 0.331 e. The Morgan fingerprint density at radius 3 is 2.73 bits per heavy atom. The molecular formula is C25H28ClFN6O4. The number of hydrogen-bond acceptors (Lipinski definition) is 7. The number of pyridine rings is 1. The number of ether oxygens (including phenoxy) is 1. The van der Waals surface area contributed by atoms with Crippen LogP contribution in [0.15, 0.2) is 36.3 Å². The van der Waals surface area contributed by atoms with Gasteiger partial charge in [0.2, 0.25) is 5.91 Å². The van der Waals surface area contributed by atoms with Gasteiger partial charge in [-0.15, -0.1) is 0 Å². The number of nitrogens with one attached hydrogen (secondary N) is 3. The monoisotopic (exact) mass is 530 g/mol. The number of rotatable bonds is 9. The fourth-order valence-corrected chi connectivity index (χ4v) is 4.61. The predicted octanol–water partition coefficient (Wildman–Crippen LogP) is 4.09. The second-order valence-corrected chi connectivity index (χ2v) is 9.29. The third kappa shape index (κ3) is 5.89. The number of anilines is 1. The van der Waals surface area contributed by atoms with Crippen LogP contribution in [0.4, 0.5) is 10.2 Å². The first kappa shape index (κ1) is 26.5. The molecule has 0 radical (unpaired) electrons. The van der Waals surface area contributed by atoms with Crippen LogP contribution in [0.5, 0.6) is 0 Å². The van der Waals surface area contributed by atoms with Gasteiger partial charge in [0.15, 0.2) is 17.5 Å². The maximum atomic E-state index is 14.9. The number of hydrogen-bond donors (Lipinski definition) is 4. The SMILES string of the molecule is CCC(CC)O[C@@H]1CC(C(=O)O)=C[C@H](Nc2nc(-c3c[nH]c4ncc(Cl)cc34)ncc2F)C1NC(C)=O. The number of halogens is 2. The summed E-state index contributed by atoms with van der Waals surface area (Å²) in [4.78, 5) is 39.7. The quantitative estimate of drug-likeness (QED) is 0.324. The van der Waals surface area contributed by atoms with E-state index in [1.165, 1.54) is 19.2 Å². The molecule has 3 atom stereocenters. The molecule has 10 nitrogen and oxygen atoms in total. The Labute approximate surface area is 217 Å². The number of carboxylic acids is 1. The highest BCUT2D eigenvalue weighted by Crippen LogP contribution is 2.30. The number of fused-ring (bicyclic) bond motifs is 1. The molecule has 4 rings (SSSR count). The molecule has 3 heterocycles. The van der Waals surface area contributed by atoms with Crippen LogP contribution in [-0.4, -0.2) is 61.2 Å². The zero-order valence-corrected chi connectivity index (χ0v) is 21.3. The average Bonchev–Trinajstić information content (AvgIpc) is 3.28. The van der Waals surface area contributed by atoms with Crippen molar-refractivity contribution >= 4 is 40.3 Å². The lowest BCUT2D eigenvalue weighted by Gasteiger charge is -2.38. The van der Waals surface area contributed by atoms with Crippen molar-refractivity contribution in [2.24, 2.45) is 0 Å². The lowest BCUT2D eigenvalue weighted by Crippen LogP contribution is -2.56. The van der Waals surface area contributed by atoms with Crippen molar-refractivity contribution in [2.45, 2.75) is 64.3 Å². The molecule has 1 aliphatic rings. The normalized spacial score (nSPS) is 19.6. The van der Waals surface area contributed by atoms with Crippen LogP contribution in [0.3, 0.4) is 0 Å². The molecule has 0 spiro atoms. The molecule has 37 heavy (non-hydrogen) atoms. The van der Waals surface area contributed by atoms with Gasteiger partial charge in [0, 0.05) is 42.3 Å². The minimum atomic E-state index is -1.11. The summed E-state index contributed by atoms with van der Waals surface area (Å²) in [6.07, 6.45) is 6.40. The lowest BCUT2D eigenvalue weighted by molar-refractivity contribution is -0.133. The molecule has 0 saturated heterocycles. The summed E-state index contributed by atoms with van der Waals surface area (Å²) < 4.78 is 21.1. The van der Waals surface area contributed by atoms with Crippen LogP contribution in [0.1, 0.15) is 40.0 Å². The molecule has 12 heteroatoms. The van der Waals surface area contributed by atoms with Crippen LogP contribution in [0.2, 0.25) is 5.02 Å². The molecule has 0 aliphatic heterocycles. The molecule has 0 fully saturated rings. The number of carbonyl (C=O) groups excluding carboxylic acids is 1. The van der Waals surface area contributed by atoms with Crippen molar-refractivity contribution in [3.63, 3.8) is 0 Å². The fraction of sp³-hybridized carbons (Fsp3) is 0.400. The van der Waals surface area contributed by atoms with E-state index in [2.05, 4.69) is 30.6 Å². The van der Waals surface area contributed by atoms with Crippen molar-refractivity contribution in [1.82, 2.24) is 25.3 Å². The molecule has 1 aliphatic carbocycles. The Kier molecular flexibility index (Phi) is 8.03. The van der Waals surface area contributed by atoms with Crippen LogP contribution in [-0.2, 0) is 14.3 Å². The molecule has 1 unspecified atom stereocenters. The van der Waals surface area contributed by atoms with E-state index < -0.39 is 30.0 Å². The van der Waals surface area contributed by atoms with E-state index in [4.69, 9.17) is 16.3 Å². The van der Waals surface area contributed by atoms with Gasteiger partial charge in [0.1, 0.15) is 5.65 Å². The summed E-state index contributed by atoms with van der Waals surface area (Å²) >= 11 is 6.10. The first-order chi connectivity index (χ1) is 17.7. The summed E-state index contributed by atoms with van der Waals surface area (Å²) in [5.41, 5.74) is 1.23. The molecule has 0 aromatic carbocycles. The Bertz CT molecular complexity index is 1340. The van der Waals surface area contributed by atoms with Crippen LogP contribution < -0.4 is 10.6 Å². The first-order valence-corrected chi connectivity index (χ1v) is 12.4. The van der Waals surface area contributed by atoms with Crippen molar-refractivity contribution in [3.05, 3.63) is 47.1 Å². The maximum absolute atomic E-state index is 14.9. The second kappa shape index (κ2) is 11.2. The van der Waals surface area contributed by atoms with E-state index in [9.17, 15) is 19.1 Å². The summed E-state index contributed by atoms with van der Waals surface area (Å²) in [5.74, 6) is -2.13. The van der Waals surface area contributed by atoms with E-state index >= 15 is 0 Å².